The van der Waals surface area contributed by atoms with E-state index in [0.29, 0.717) is 25.8 Å². The first-order valence-corrected chi connectivity index (χ1v) is 9.15. The minimum atomic E-state index is -0.371. The summed E-state index contributed by atoms with van der Waals surface area (Å²) < 4.78 is 5.03. The van der Waals surface area contributed by atoms with Crippen LogP contribution in [0.2, 0.25) is 0 Å². The smallest absolute Gasteiger partial charge is 0.302 e. The molecule has 0 aliphatic heterocycles. The maximum absolute atomic E-state index is 12.0. The molecule has 8 heteroatoms. The fraction of sp³-hybridized carbons (Fsp3) is 0.833. The van der Waals surface area contributed by atoms with Gasteiger partial charge in [-0.25, -0.2) is 0 Å². The monoisotopic (exact) mass is 370 g/mol. The molecule has 0 saturated heterocycles. The third-order valence-corrected chi connectivity index (χ3v) is 4.00. The predicted octanol–water partition coefficient (Wildman–Crippen LogP) is 1.89. The summed E-state index contributed by atoms with van der Waals surface area (Å²) in [7, 11) is 3.38. The summed E-state index contributed by atoms with van der Waals surface area (Å²) in [5.74, 6) is -0.486. The summed E-state index contributed by atoms with van der Waals surface area (Å²) in [6.45, 7) is 5.84. The van der Waals surface area contributed by atoms with Gasteiger partial charge in [0.1, 0.15) is 6.61 Å². The SMILES string of the molecule is C[N-]C(C)CC(=O)NCCCCC(COC(C)=O)NC(=O)CC(C)[N-]C. The Balaban J connectivity index is 4.15. The lowest BCUT2D eigenvalue weighted by molar-refractivity contribution is -0.142. The van der Waals surface area contributed by atoms with Crippen LogP contribution < -0.4 is 10.6 Å². The number of carbonyl (C=O) groups is 3. The lowest BCUT2D eigenvalue weighted by Gasteiger charge is -2.24. The molecule has 3 atom stereocenters. The van der Waals surface area contributed by atoms with Gasteiger partial charge in [0.15, 0.2) is 0 Å². The van der Waals surface area contributed by atoms with E-state index in [9.17, 15) is 14.4 Å². The second kappa shape index (κ2) is 14.5. The lowest BCUT2D eigenvalue weighted by Crippen LogP contribution is -2.39. The average Bonchev–Trinajstić information content (AvgIpc) is 2.58. The number of carbonyl (C=O) groups excluding carboxylic acids is 3. The summed E-state index contributed by atoms with van der Waals surface area (Å²) in [6, 6.07) is -0.252. The Bertz CT molecular complexity index is 431. The normalized spacial score (nSPS) is 14.2. The van der Waals surface area contributed by atoms with Crippen LogP contribution in [0.3, 0.4) is 0 Å². The molecule has 2 amide bonds. The molecule has 3 unspecified atom stereocenters. The number of unbranched alkanes of at least 4 members (excludes halogenated alkanes) is 1. The van der Waals surface area contributed by atoms with Crippen molar-refractivity contribution in [1.29, 1.82) is 0 Å². The van der Waals surface area contributed by atoms with Crippen LogP contribution in [0.1, 0.15) is 52.9 Å². The zero-order chi connectivity index (χ0) is 19.9. The van der Waals surface area contributed by atoms with Gasteiger partial charge in [0.25, 0.3) is 0 Å². The van der Waals surface area contributed by atoms with Crippen molar-refractivity contribution < 1.29 is 19.1 Å². The van der Waals surface area contributed by atoms with E-state index in [1.165, 1.54) is 6.92 Å². The zero-order valence-corrected chi connectivity index (χ0v) is 16.7. The number of amides is 2. The van der Waals surface area contributed by atoms with Crippen LogP contribution in [0, 0.1) is 0 Å². The number of ether oxygens (including phenoxy) is 1. The highest BCUT2D eigenvalue weighted by molar-refractivity contribution is 5.77. The molecule has 0 aromatic carbocycles. The molecule has 0 spiro atoms. The van der Waals surface area contributed by atoms with E-state index in [-0.39, 0.29) is 42.5 Å². The molecule has 0 fully saturated rings. The Morgan fingerprint density at radius 2 is 1.54 bits per heavy atom. The van der Waals surface area contributed by atoms with Gasteiger partial charge in [-0.2, -0.15) is 14.1 Å². The molecule has 0 heterocycles. The Morgan fingerprint density at radius 1 is 0.962 bits per heavy atom. The number of rotatable bonds is 14. The molecule has 152 valence electrons. The third kappa shape index (κ3) is 13.6. The minimum absolute atomic E-state index is 0.00910. The zero-order valence-electron chi connectivity index (χ0n) is 16.7. The quantitative estimate of drug-likeness (QED) is 0.359. The van der Waals surface area contributed by atoms with E-state index < -0.39 is 0 Å². The van der Waals surface area contributed by atoms with E-state index in [4.69, 9.17) is 4.74 Å². The molecule has 0 aliphatic rings. The van der Waals surface area contributed by atoms with Crippen molar-refractivity contribution in [3.05, 3.63) is 10.6 Å². The van der Waals surface area contributed by atoms with Crippen molar-refractivity contribution >= 4 is 17.8 Å². The van der Waals surface area contributed by atoms with E-state index in [0.717, 1.165) is 12.8 Å². The molecule has 26 heavy (non-hydrogen) atoms. The van der Waals surface area contributed by atoms with E-state index in [1.54, 1.807) is 14.1 Å². The second-order valence-corrected chi connectivity index (χ2v) is 6.54. The minimum Gasteiger partial charge on any atom is -0.662 e. The molecule has 2 N–H and O–H groups in total. The highest BCUT2D eigenvalue weighted by Gasteiger charge is 2.14. The number of nitrogens with zero attached hydrogens (tertiary/aromatic N) is 2. The van der Waals surface area contributed by atoms with Gasteiger partial charge in [0, 0.05) is 26.3 Å². The van der Waals surface area contributed by atoms with E-state index in [1.807, 2.05) is 13.8 Å². The predicted molar refractivity (Wildman–Crippen MR) is 102 cm³/mol. The number of hydrogen-bond donors (Lipinski definition) is 2. The molecule has 0 saturated carbocycles. The summed E-state index contributed by atoms with van der Waals surface area (Å²) in [4.78, 5) is 34.7. The first-order valence-electron chi connectivity index (χ1n) is 9.15. The second-order valence-electron chi connectivity index (χ2n) is 6.54. The van der Waals surface area contributed by atoms with Crippen molar-refractivity contribution in [3.8, 4) is 0 Å². The van der Waals surface area contributed by atoms with Gasteiger partial charge < -0.3 is 26.0 Å². The number of hydrogen-bond acceptors (Lipinski definition) is 4. The maximum atomic E-state index is 12.0. The van der Waals surface area contributed by atoms with Crippen LogP contribution in [0.25, 0.3) is 10.6 Å². The third-order valence-electron chi connectivity index (χ3n) is 4.00. The molecule has 0 aromatic rings. The first-order chi connectivity index (χ1) is 12.3. The van der Waals surface area contributed by atoms with Crippen LogP contribution in [0.15, 0.2) is 0 Å². The largest absolute Gasteiger partial charge is 0.662 e. The Kier molecular flexibility index (Phi) is 13.6. The summed E-state index contributed by atoms with van der Waals surface area (Å²) >= 11 is 0. The van der Waals surface area contributed by atoms with Gasteiger partial charge in [-0.15, -0.1) is 12.1 Å². The van der Waals surface area contributed by atoms with Crippen molar-refractivity contribution in [3.63, 3.8) is 0 Å². The van der Waals surface area contributed by atoms with Gasteiger partial charge in [0.2, 0.25) is 11.8 Å². The summed E-state index contributed by atoms with van der Waals surface area (Å²) in [5, 5.41) is 13.8. The molecule has 0 aromatic heterocycles. The molecular weight excluding hydrogens is 336 g/mol. The van der Waals surface area contributed by atoms with E-state index >= 15 is 0 Å². The maximum Gasteiger partial charge on any atom is 0.302 e. The number of nitrogens with one attached hydrogen (secondary N) is 2. The van der Waals surface area contributed by atoms with Crippen molar-refractivity contribution in [1.82, 2.24) is 10.6 Å². The fourth-order valence-corrected chi connectivity index (χ4v) is 2.24. The van der Waals surface area contributed by atoms with Crippen LogP contribution in [0.4, 0.5) is 0 Å². The molecule has 0 bridgehead atoms. The van der Waals surface area contributed by atoms with E-state index in [2.05, 4.69) is 21.3 Å². The van der Waals surface area contributed by atoms with Crippen LogP contribution >= 0.6 is 0 Å². The van der Waals surface area contributed by atoms with Crippen LogP contribution in [-0.2, 0) is 19.1 Å². The van der Waals surface area contributed by atoms with Crippen molar-refractivity contribution in [2.75, 3.05) is 27.2 Å². The highest BCUT2D eigenvalue weighted by Crippen LogP contribution is 2.06. The summed E-state index contributed by atoms with van der Waals surface area (Å²) in [5.41, 5.74) is 0. The van der Waals surface area contributed by atoms with Crippen LogP contribution in [-0.4, -0.2) is 63.2 Å². The number of esters is 1. The molecular formula is C18H34N4O4-2. The van der Waals surface area contributed by atoms with Gasteiger partial charge in [-0.05, 0) is 19.3 Å². The van der Waals surface area contributed by atoms with Gasteiger partial charge in [-0.3, -0.25) is 14.4 Å². The Hall–Kier alpha value is -1.67. The Labute approximate surface area is 157 Å². The standard InChI is InChI=1S/C18H34N4O4/c1-13(19-4)10-17(24)21-9-7-6-8-16(12-26-15(3)23)22-18(25)11-14(2)20-5/h13-14,16H,6-12H2,1-5H3,(H,21,24)(H,22,25)/q-2. The van der Waals surface area contributed by atoms with Crippen LogP contribution in [0.5, 0.6) is 0 Å². The lowest BCUT2D eigenvalue weighted by atomic mass is 10.1. The topological polar surface area (TPSA) is 113 Å². The molecule has 8 nitrogen and oxygen atoms in total. The molecule has 0 rings (SSSR count). The molecule has 0 aliphatic carbocycles. The average molecular weight is 370 g/mol. The first kappa shape index (κ1) is 24.3. The Morgan fingerprint density at radius 3 is 2.08 bits per heavy atom. The van der Waals surface area contributed by atoms with Gasteiger partial charge >= 0.3 is 5.97 Å². The summed E-state index contributed by atoms with van der Waals surface area (Å²) in [6.07, 6.45) is 2.96. The molecule has 0 radical (unpaired) electrons. The van der Waals surface area contributed by atoms with Crippen molar-refractivity contribution in [2.24, 2.45) is 0 Å². The van der Waals surface area contributed by atoms with Gasteiger partial charge in [0.05, 0.1) is 6.04 Å². The van der Waals surface area contributed by atoms with Crippen molar-refractivity contribution in [2.45, 2.75) is 71.0 Å². The van der Waals surface area contributed by atoms with Gasteiger partial charge in [-0.1, -0.05) is 13.8 Å². The highest BCUT2D eigenvalue weighted by atomic mass is 16.5. The fourth-order valence-electron chi connectivity index (χ4n) is 2.24.